The second-order valence-corrected chi connectivity index (χ2v) is 6.88. The van der Waals surface area contributed by atoms with Crippen molar-refractivity contribution in [2.45, 2.75) is 19.9 Å². The molecule has 150 valence electrons. The Morgan fingerprint density at radius 3 is 2.07 bits per heavy atom. The summed E-state index contributed by atoms with van der Waals surface area (Å²) in [7, 11) is 0. The number of carbonyl (C=O) groups excluding carboxylic acids is 4. The number of imide groups is 1. The number of benzene rings is 2. The summed E-state index contributed by atoms with van der Waals surface area (Å²) >= 11 is 0. The average Bonchev–Trinajstić information content (AvgIpc) is 2.94. The zero-order valence-electron chi connectivity index (χ0n) is 15.8. The number of hydrogen-bond donors (Lipinski definition) is 1. The molecule has 29 heavy (non-hydrogen) atoms. The Kier molecular flexibility index (Phi) is 5.72. The van der Waals surface area contributed by atoms with Crippen LogP contribution in [-0.4, -0.2) is 41.2 Å². The van der Waals surface area contributed by atoms with E-state index in [9.17, 15) is 23.6 Å². The number of esters is 1. The maximum atomic E-state index is 12.9. The summed E-state index contributed by atoms with van der Waals surface area (Å²) in [5.74, 6) is -3.51. The van der Waals surface area contributed by atoms with Gasteiger partial charge in [-0.25, -0.2) is 9.18 Å². The van der Waals surface area contributed by atoms with Crippen molar-refractivity contribution < 1.29 is 28.3 Å². The molecule has 7 nitrogen and oxygen atoms in total. The van der Waals surface area contributed by atoms with Gasteiger partial charge in [0.2, 0.25) is 0 Å². The van der Waals surface area contributed by atoms with Crippen LogP contribution in [0.25, 0.3) is 0 Å². The van der Waals surface area contributed by atoms with Gasteiger partial charge in [0.15, 0.2) is 6.61 Å². The predicted molar refractivity (Wildman–Crippen MR) is 102 cm³/mol. The zero-order chi connectivity index (χ0) is 21.1. The van der Waals surface area contributed by atoms with E-state index in [-0.39, 0.29) is 11.1 Å². The highest BCUT2D eigenvalue weighted by Gasteiger charge is 2.44. The molecule has 0 saturated carbocycles. The molecule has 3 amide bonds. The van der Waals surface area contributed by atoms with Gasteiger partial charge >= 0.3 is 5.97 Å². The highest BCUT2D eigenvalue weighted by atomic mass is 19.1. The second kappa shape index (κ2) is 8.22. The lowest BCUT2D eigenvalue weighted by atomic mass is 10.0. The normalized spacial score (nSPS) is 14.0. The van der Waals surface area contributed by atoms with E-state index in [0.29, 0.717) is 5.69 Å². The largest absolute Gasteiger partial charge is 0.454 e. The molecule has 0 spiro atoms. The van der Waals surface area contributed by atoms with Gasteiger partial charge in [0.05, 0.1) is 11.1 Å². The first-order valence-corrected chi connectivity index (χ1v) is 8.98. The number of nitrogens with one attached hydrogen (secondary N) is 1. The van der Waals surface area contributed by atoms with Gasteiger partial charge in [-0.15, -0.1) is 0 Å². The number of carbonyl (C=O) groups is 4. The molecule has 1 aliphatic rings. The lowest BCUT2D eigenvalue weighted by Crippen LogP contribution is -2.49. The van der Waals surface area contributed by atoms with Crippen LogP contribution >= 0.6 is 0 Å². The van der Waals surface area contributed by atoms with Crippen LogP contribution < -0.4 is 5.32 Å². The van der Waals surface area contributed by atoms with Gasteiger partial charge in [0.25, 0.3) is 17.7 Å². The first-order valence-electron chi connectivity index (χ1n) is 8.98. The maximum Gasteiger partial charge on any atom is 0.330 e. The van der Waals surface area contributed by atoms with Gasteiger partial charge < -0.3 is 10.1 Å². The summed E-state index contributed by atoms with van der Waals surface area (Å²) in [4.78, 5) is 50.8. The Labute approximate surface area is 166 Å². The van der Waals surface area contributed by atoms with Crippen LogP contribution in [0.4, 0.5) is 10.1 Å². The highest BCUT2D eigenvalue weighted by molar-refractivity contribution is 6.22. The molecule has 0 radical (unpaired) electrons. The number of hydrogen-bond acceptors (Lipinski definition) is 5. The van der Waals surface area contributed by atoms with Crippen LogP contribution in [0.5, 0.6) is 0 Å². The minimum atomic E-state index is -1.17. The third kappa shape index (κ3) is 4.16. The molecule has 1 atom stereocenters. The molecule has 8 heteroatoms. The minimum Gasteiger partial charge on any atom is -0.454 e. The second-order valence-electron chi connectivity index (χ2n) is 6.88. The molecule has 2 aromatic rings. The standard InChI is InChI=1S/C21H19FN2O5/c1-12(2)18(24-19(26)15-5-3-4-6-16(15)20(24)27)21(28)29-11-17(25)23-14-9-7-13(22)8-10-14/h3-10,12,18H,11H2,1-2H3,(H,23,25)/t18-/m0/s1. The quantitative estimate of drug-likeness (QED) is 0.597. The van der Waals surface area contributed by atoms with Crippen molar-refractivity contribution >= 4 is 29.4 Å². The Bertz CT molecular complexity index is 936. The molecule has 0 saturated heterocycles. The van der Waals surface area contributed by atoms with Gasteiger partial charge in [-0.2, -0.15) is 0 Å². The summed E-state index contributed by atoms with van der Waals surface area (Å²) in [6.45, 7) is 2.74. The monoisotopic (exact) mass is 398 g/mol. The molecule has 0 fully saturated rings. The van der Waals surface area contributed by atoms with Crippen LogP contribution in [0.1, 0.15) is 34.6 Å². The molecule has 2 aromatic carbocycles. The number of nitrogens with zero attached hydrogens (tertiary/aromatic N) is 1. The van der Waals surface area contributed by atoms with Gasteiger partial charge in [-0.05, 0) is 42.3 Å². The van der Waals surface area contributed by atoms with Crippen LogP contribution in [0.2, 0.25) is 0 Å². The Morgan fingerprint density at radius 1 is 1.00 bits per heavy atom. The summed E-state index contributed by atoms with van der Waals surface area (Å²) in [5.41, 5.74) is 0.795. The van der Waals surface area contributed by atoms with Crippen molar-refractivity contribution in [1.82, 2.24) is 4.90 Å². The van der Waals surface area contributed by atoms with Crippen LogP contribution in [0.15, 0.2) is 48.5 Å². The van der Waals surface area contributed by atoms with E-state index in [1.165, 1.54) is 36.4 Å². The molecule has 1 N–H and O–H groups in total. The van der Waals surface area contributed by atoms with Crippen molar-refractivity contribution in [2.24, 2.45) is 5.92 Å². The Balaban J connectivity index is 1.67. The SMILES string of the molecule is CC(C)[C@@H](C(=O)OCC(=O)Nc1ccc(F)cc1)N1C(=O)c2ccccc2C1=O. The van der Waals surface area contributed by atoms with Crippen molar-refractivity contribution in [2.75, 3.05) is 11.9 Å². The fourth-order valence-electron chi connectivity index (χ4n) is 3.09. The lowest BCUT2D eigenvalue weighted by Gasteiger charge is -2.27. The number of ether oxygens (including phenoxy) is 1. The van der Waals surface area contributed by atoms with Crippen molar-refractivity contribution in [3.8, 4) is 0 Å². The third-order valence-electron chi connectivity index (χ3n) is 4.45. The van der Waals surface area contributed by atoms with Crippen molar-refractivity contribution in [1.29, 1.82) is 0 Å². The van der Waals surface area contributed by atoms with Gasteiger partial charge in [-0.3, -0.25) is 19.3 Å². The van der Waals surface area contributed by atoms with E-state index < -0.39 is 48.1 Å². The molecule has 0 aliphatic carbocycles. The summed E-state index contributed by atoms with van der Waals surface area (Å²) in [6, 6.07) is 10.2. The number of anilines is 1. The molecule has 3 rings (SSSR count). The Hall–Kier alpha value is -3.55. The van der Waals surface area contributed by atoms with Crippen molar-refractivity contribution in [3.05, 3.63) is 65.5 Å². The maximum absolute atomic E-state index is 12.9. The van der Waals surface area contributed by atoms with Crippen LogP contribution in [0, 0.1) is 11.7 Å². The molecular formula is C21H19FN2O5. The highest BCUT2D eigenvalue weighted by Crippen LogP contribution is 2.27. The molecule has 1 heterocycles. The van der Waals surface area contributed by atoms with Crippen molar-refractivity contribution in [3.63, 3.8) is 0 Å². The first kappa shape index (κ1) is 20.2. The van der Waals surface area contributed by atoms with E-state index in [4.69, 9.17) is 4.74 Å². The minimum absolute atomic E-state index is 0.227. The summed E-state index contributed by atoms with van der Waals surface area (Å²) in [5, 5.41) is 2.46. The summed E-state index contributed by atoms with van der Waals surface area (Å²) < 4.78 is 18.0. The molecular weight excluding hydrogens is 379 g/mol. The number of halogens is 1. The smallest absolute Gasteiger partial charge is 0.330 e. The molecule has 1 aliphatic heterocycles. The zero-order valence-corrected chi connectivity index (χ0v) is 15.8. The number of rotatable bonds is 6. The van der Waals surface area contributed by atoms with Gasteiger partial charge in [0, 0.05) is 5.69 Å². The third-order valence-corrected chi connectivity index (χ3v) is 4.45. The van der Waals surface area contributed by atoms with Crippen LogP contribution in [-0.2, 0) is 14.3 Å². The van der Waals surface area contributed by atoms with E-state index in [2.05, 4.69) is 5.32 Å². The fraction of sp³-hybridized carbons (Fsp3) is 0.238. The van der Waals surface area contributed by atoms with E-state index in [1.54, 1.807) is 26.0 Å². The predicted octanol–water partition coefficient (Wildman–Crippen LogP) is 2.63. The summed E-state index contributed by atoms with van der Waals surface area (Å²) in [6.07, 6.45) is 0. The fourth-order valence-corrected chi connectivity index (χ4v) is 3.09. The average molecular weight is 398 g/mol. The molecule has 0 bridgehead atoms. The first-order chi connectivity index (χ1) is 13.8. The topological polar surface area (TPSA) is 92.8 Å². The number of amides is 3. The molecule has 0 unspecified atom stereocenters. The Morgan fingerprint density at radius 2 is 1.55 bits per heavy atom. The lowest BCUT2D eigenvalue weighted by molar-refractivity contribution is -0.152. The van der Waals surface area contributed by atoms with E-state index in [1.807, 2.05) is 0 Å². The van der Waals surface area contributed by atoms with Gasteiger partial charge in [0.1, 0.15) is 11.9 Å². The van der Waals surface area contributed by atoms with E-state index >= 15 is 0 Å². The molecule has 0 aromatic heterocycles. The number of fused-ring (bicyclic) bond motifs is 1. The van der Waals surface area contributed by atoms with E-state index in [0.717, 1.165) is 4.90 Å². The van der Waals surface area contributed by atoms with Gasteiger partial charge in [-0.1, -0.05) is 26.0 Å². The van der Waals surface area contributed by atoms with Crippen LogP contribution in [0.3, 0.4) is 0 Å².